The zero-order valence-electron chi connectivity index (χ0n) is 10.5. The van der Waals surface area contributed by atoms with E-state index in [1.807, 2.05) is 4.90 Å². The number of likely N-dealkylation sites (N-methyl/N-ethyl adjacent to an activating group) is 1. The molecule has 1 amide bonds. The Bertz CT molecular complexity index is 226. The maximum Gasteiger partial charge on any atom is 0.236 e. The molecule has 1 aliphatic heterocycles. The molecule has 4 heteroatoms. The number of hydrogen-bond donors (Lipinski definition) is 1. The van der Waals surface area contributed by atoms with Gasteiger partial charge in [0.2, 0.25) is 5.91 Å². The molecule has 0 saturated carbocycles. The first kappa shape index (κ1) is 12.5. The second-order valence-corrected chi connectivity index (χ2v) is 5.52. The third kappa shape index (κ3) is 3.80. The van der Waals surface area contributed by atoms with E-state index < -0.39 is 0 Å². The second-order valence-electron chi connectivity index (χ2n) is 5.52. The summed E-state index contributed by atoms with van der Waals surface area (Å²) >= 11 is 0. The molecule has 0 aromatic carbocycles. The lowest BCUT2D eigenvalue weighted by Crippen LogP contribution is -2.61. The standard InChI is InChI=1S/C11H23N3O/c1-11(2,3)12-6-10(15)14-7-9(8-14)13(4)5/h9,12H,6-8H2,1-5H3. The first-order chi connectivity index (χ1) is 6.79. The van der Waals surface area contributed by atoms with Gasteiger partial charge in [0.15, 0.2) is 0 Å². The van der Waals surface area contributed by atoms with Crippen molar-refractivity contribution in [3.8, 4) is 0 Å². The molecule has 0 spiro atoms. The van der Waals surface area contributed by atoms with E-state index in [0.717, 1.165) is 13.1 Å². The van der Waals surface area contributed by atoms with Crippen LogP contribution in [0.5, 0.6) is 0 Å². The average molecular weight is 213 g/mol. The SMILES string of the molecule is CN(C)C1CN(C(=O)CNC(C)(C)C)C1. The predicted molar refractivity (Wildman–Crippen MR) is 61.8 cm³/mol. The van der Waals surface area contributed by atoms with E-state index >= 15 is 0 Å². The van der Waals surface area contributed by atoms with Crippen molar-refractivity contribution in [2.24, 2.45) is 0 Å². The fourth-order valence-corrected chi connectivity index (χ4v) is 1.44. The fraction of sp³-hybridized carbons (Fsp3) is 0.909. The number of nitrogens with zero attached hydrogens (tertiary/aromatic N) is 2. The van der Waals surface area contributed by atoms with E-state index in [-0.39, 0.29) is 11.4 Å². The highest BCUT2D eigenvalue weighted by atomic mass is 16.2. The predicted octanol–water partition coefficient (Wildman–Crippen LogP) is 0.147. The van der Waals surface area contributed by atoms with Crippen molar-refractivity contribution in [1.29, 1.82) is 0 Å². The van der Waals surface area contributed by atoms with Gasteiger partial charge in [-0.2, -0.15) is 0 Å². The number of amides is 1. The Labute approximate surface area is 92.6 Å². The molecule has 0 aromatic heterocycles. The minimum absolute atomic E-state index is 0.0154. The third-order valence-corrected chi connectivity index (χ3v) is 2.72. The molecule has 0 aliphatic carbocycles. The Kier molecular flexibility index (Phi) is 3.73. The van der Waals surface area contributed by atoms with Crippen LogP contribution in [0.3, 0.4) is 0 Å². The van der Waals surface area contributed by atoms with Crippen LogP contribution in [0.1, 0.15) is 20.8 Å². The molecule has 88 valence electrons. The zero-order valence-corrected chi connectivity index (χ0v) is 10.5. The lowest BCUT2D eigenvalue weighted by atomic mass is 10.1. The van der Waals surface area contributed by atoms with Gasteiger partial charge in [-0.25, -0.2) is 0 Å². The van der Waals surface area contributed by atoms with Crippen molar-refractivity contribution < 1.29 is 4.79 Å². The van der Waals surface area contributed by atoms with Crippen molar-refractivity contribution in [2.45, 2.75) is 32.4 Å². The summed E-state index contributed by atoms with van der Waals surface area (Å²) in [6.45, 7) is 8.40. The highest BCUT2D eigenvalue weighted by Crippen LogP contribution is 2.12. The van der Waals surface area contributed by atoms with Crippen molar-refractivity contribution in [3.63, 3.8) is 0 Å². The number of likely N-dealkylation sites (tertiary alicyclic amines) is 1. The maximum atomic E-state index is 11.7. The van der Waals surface area contributed by atoms with E-state index in [9.17, 15) is 4.79 Å². The zero-order chi connectivity index (χ0) is 11.6. The molecule has 1 aliphatic rings. The van der Waals surface area contributed by atoms with Crippen molar-refractivity contribution in [1.82, 2.24) is 15.1 Å². The highest BCUT2D eigenvalue weighted by molar-refractivity contribution is 5.79. The van der Waals surface area contributed by atoms with Crippen molar-refractivity contribution >= 4 is 5.91 Å². The first-order valence-electron chi connectivity index (χ1n) is 5.49. The van der Waals surface area contributed by atoms with Gasteiger partial charge in [-0.15, -0.1) is 0 Å². The van der Waals surface area contributed by atoms with Crippen LogP contribution in [-0.2, 0) is 4.79 Å². The van der Waals surface area contributed by atoms with Gasteiger partial charge >= 0.3 is 0 Å². The summed E-state index contributed by atoms with van der Waals surface area (Å²) in [5.41, 5.74) is 0.0154. The van der Waals surface area contributed by atoms with Gasteiger partial charge in [-0.3, -0.25) is 4.79 Å². The molecule has 4 nitrogen and oxygen atoms in total. The van der Waals surface area contributed by atoms with Gasteiger partial charge in [0.05, 0.1) is 6.54 Å². The minimum Gasteiger partial charge on any atom is -0.338 e. The third-order valence-electron chi connectivity index (χ3n) is 2.72. The summed E-state index contributed by atoms with van der Waals surface area (Å²) in [7, 11) is 4.11. The lowest BCUT2D eigenvalue weighted by molar-refractivity contribution is -0.137. The summed E-state index contributed by atoms with van der Waals surface area (Å²) in [6, 6.07) is 0.545. The van der Waals surface area contributed by atoms with Crippen LogP contribution in [0, 0.1) is 0 Å². The van der Waals surface area contributed by atoms with E-state index in [0.29, 0.717) is 12.6 Å². The van der Waals surface area contributed by atoms with Crippen LogP contribution in [0.4, 0.5) is 0 Å². The summed E-state index contributed by atoms with van der Waals surface area (Å²) in [6.07, 6.45) is 0. The molecule has 1 fully saturated rings. The first-order valence-corrected chi connectivity index (χ1v) is 5.49. The van der Waals surface area contributed by atoms with Crippen LogP contribution in [-0.4, -0.2) is 61.0 Å². The molecule has 0 unspecified atom stereocenters. The van der Waals surface area contributed by atoms with Crippen LogP contribution in [0.15, 0.2) is 0 Å². The summed E-state index contributed by atoms with van der Waals surface area (Å²) in [5.74, 6) is 0.211. The fourth-order valence-electron chi connectivity index (χ4n) is 1.44. The van der Waals surface area contributed by atoms with Crippen LogP contribution in [0.2, 0.25) is 0 Å². The topological polar surface area (TPSA) is 35.6 Å². The van der Waals surface area contributed by atoms with Gasteiger partial charge < -0.3 is 15.1 Å². The Hall–Kier alpha value is -0.610. The molecule has 1 N–H and O–H groups in total. The Morgan fingerprint density at radius 3 is 2.33 bits per heavy atom. The van der Waals surface area contributed by atoms with Crippen molar-refractivity contribution in [2.75, 3.05) is 33.7 Å². The second kappa shape index (κ2) is 4.49. The lowest BCUT2D eigenvalue weighted by Gasteiger charge is -2.43. The van der Waals surface area contributed by atoms with Gasteiger partial charge in [-0.1, -0.05) is 0 Å². The summed E-state index contributed by atoms with van der Waals surface area (Å²) in [4.78, 5) is 15.8. The molecular formula is C11H23N3O. The molecule has 15 heavy (non-hydrogen) atoms. The summed E-state index contributed by atoms with van der Waals surface area (Å²) < 4.78 is 0. The highest BCUT2D eigenvalue weighted by Gasteiger charge is 2.31. The van der Waals surface area contributed by atoms with Crippen LogP contribution in [0.25, 0.3) is 0 Å². The molecule has 0 atom stereocenters. The number of hydrogen-bond acceptors (Lipinski definition) is 3. The van der Waals surface area contributed by atoms with E-state index in [4.69, 9.17) is 0 Å². The van der Waals surface area contributed by atoms with Gasteiger partial charge in [0.25, 0.3) is 0 Å². The molecular weight excluding hydrogens is 190 g/mol. The number of rotatable bonds is 3. The molecule has 1 heterocycles. The molecule has 1 rings (SSSR count). The normalized spacial score (nSPS) is 18.1. The van der Waals surface area contributed by atoms with Gasteiger partial charge in [0.1, 0.15) is 0 Å². The van der Waals surface area contributed by atoms with E-state index in [1.54, 1.807) is 0 Å². The van der Waals surface area contributed by atoms with E-state index in [1.165, 1.54) is 0 Å². The summed E-state index contributed by atoms with van der Waals surface area (Å²) in [5, 5.41) is 3.21. The largest absolute Gasteiger partial charge is 0.338 e. The molecule has 0 aromatic rings. The van der Waals surface area contributed by atoms with Crippen molar-refractivity contribution in [3.05, 3.63) is 0 Å². The molecule has 0 bridgehead atoms. The van der Waals surface area contributed by atoms with Crippen LogP contribution < -0.4 is 5.32 Å². The molecule has 0 radical (unpaired) electrons. The number of carbonyl (C=O) groups is 1. The maximum absolute atomic E-state index is 11.7. The monoisotopic (exact) mass is 213 g/mol. The molecule has 1 saturated heterocycles. The Morgan fingerprint density at radius 2 is 1.93 bits per heavy atom. The Balaban J connectivity index is 2.21. The van der Waals surface area contributed by atoms with Gasteiger partial charge in [0, 0.05) is 24.7 Å². The minimum atomic E-state index is 0.0154. The van der Waals surface area contributed by atoms with Crippen LogP contribution >= 0.6 is 0 Å². The quantitative estimate of drug-likeness (QED) is 0.725. The number of nitrogens with one attached hydrogen (secondary N) is 1. The smallest absolute Gasteiger partial charge is 0.236 e. The number of carbonyl (C=O) groups excluding carboxylic acids is 1. The Morgan fingerprint density at radius 1 is 1.40 bits per heavy atom. The van der Waals surface area contributed by atoms with Gasteiger partial charge in [-0.05, 0) is 34.9 Å². The van der Waals surface area contributed by atoms with E-state index in [2.05, 4.69) is 45.1 Å². The average Bonchev–Trinajstić information content (AvgIpc) is 1.95.